The van der Waals surface area contributed by atoms with Crippen molar-refractivity contribution in [1.82, 2.24) is 25.1 Å². The molecule has 0 atom stereocenters. The number of carbonyl (C=O) groups excluding carboxylic acids is 1. The van der Waals surface area contributed by atoms with Gasteiger partial charge < -0.3 is 29.6 Å². The molecule has 6 rings (SSSR count). The highest BCUT2D eigenvalue weighted by Crippen LogP contribution is 2.40. The molecule has 40 heavy (non-hydrogen) atoms. The van der Waals surface area contributed by atoms with E-state index in [4.69, 9.17) is 14.5 Å². The Bertz CT molecular complexity index is 1590. The van der Waals surface area contributed by atoms with Crippen LogP contribution in [0.1, 0.15) is 39.2 Å². The molecule has 5 heterocycles. The van der Waals surface area contributed by atoms with Crippen LogP contribution in [-0.2, 0) is 9.47 Å². The first-order valence-electron chi connectivity index (χ1n) is 13.5. The van der Waals surface area contributed by atoms with Crippen LogP contribution in [0, 0.1) is 11.3 Å². The topological polar surface area (TPSA) is 132 Å². The zero-order chi connectivity index (χ0) is 27.9. The molecule has 2 aliphatic heterocycles. The van der Waals surface area contributed by atoms with E-state index < -0.39 is 5.60 Å². The lowest BCUT2D eigenvalue weighted by Crippen LogP contribution is -2.50. The number of ether oxygens (including phenoxy) is 2. The van der Waals surface area contributed by atoms with Gasteiger partial charge in [0.1, 0.15) is 5.60 Å². The third-order valence-corrected chi connectivity index (χ3v) is 8.18. The molecule has 2 fully saturated rings. The van der Waals surface area contributed by atoms with Crippen LogP contribution in [0.4, 0.5) is 15.6 Å². The quantitative estimate of drug-likeness (QED) is 0.363. The number of carbonyl (C=O) groups is 1. The molecule has 4 aromatic rings. The zero-order valence-corrected chi connectivity index (χ0v) is 23.7. The summed E-state index contributed by atoms with van der Waals surface area (Å²) < 4.78 is 11.1. The summed E-state index contributed by atoms with van der Waals surface area (Å²) in [5.74, 6) is 0. The number of aromatic nitrogens is 4. The summed E-state index contributed by atoms with van der Waals surface area (Å²) in [7, 11) is 0. The van der Waals surface area contributed by atoms with Crippen LogP contribution in [0.5, 0.6) is 0 Å². The second kappa shape index (κ2) is 10.6. The molecule has 12 heteroatoms. The maximum atomic E-state index is 12.5. The molecule has 0 unspecified atom stereocenters. The van der Waals surface area contributed by atoms with Gasteiger partial charge in [0.2, 0.25) is 5.13 Å². The number of aromatic amines is 1. The minimum atomic E-state index is -0.517. The van der Waals surface area contributed by atoms with Gasteiger partial charge in [-0.3, -0.25) is 4.98 Å². The van der Waals surface area contributed by atoms with Gasteiger partial charge in [-0.15, -0.1) is 10.2 Å². The van der Waals surface area contributed by atoms with E-state index in [2.05, 4.69) is 31.5 Å². The van der Waals surface area contributed by atoms with Crippen molar-refractivity contribution in [2.45, 2.75) is 45.3 Å². The van der Waals surface area contributed by atoms with E-state index in [1.807, 2.05) is 45.2 Å². The number of piperazine rings is 1. The number of pyridine rings is 1. The third kappa shape index (κ3) is 5.26. The number of benzene rings is 1. The first-order valence-corrected chi connectivity index (χ1v) is 14.4. The molecular weight excluding hydrogens is 528 g/mol. The van der Waals surface area contributed by atoms with Crippen molar-refractivity contribution in [3.8, 4) is 16.6 Å². The summed E-state index contributed by atoms with van der Waals surface area (Å²) in [4.78, 5) is 24.7. The maximum Gasteiger partial charge on any atom is 0.410 e. The van der Waals surface area contributed by atoms with E-state index >= 15 is 0 Å². The fourth-order valence-corrected chi connectivity index (χ4v) is 6.03. The Hall–Kier alpha value is -3.95. The average Bonchev–Trinajstić information content (AvgIpc) is 3.58. The average molecular weight is 561 g/mol. The monoisotopic (exact) mass is 560 g/mol. The minimum absolute atomic E-state index is 0.257. The number of anilines is 2. The van der Waals surface area contributed by atoms with E-state index in [0.29, 0.717) is 31.7 Å². The number of nitrogens with zero attached hydrogens (tertiary/aromatic N) is 6. The summed E-state index contributed by atoms with van der Waals surface area (Å²) in [6.45, 7) is 9.50. The second-order valence-corrected chi connectivity index (χ2v) is 12.1. The molecule has 0 aliphatic carbocycles. The third-order valence-electron chi connectivity index (χ3n) is 7.16. The van der Waals surface area contributed by atoms with Crippen LogP contribution in [0.25, 0.3) is 32.5 Å². The number of H-pyrrole nitrogens is 1. The van der Waals surface area contributed by atoms with Gasteiger partial charge in [0.05, 0.1) is 33.9 Å². The highest BCUT2D eigenvalue weighted by molar-refractivity contribution is 7.18. The predicted molar refractivity (Wildman–Crippen MR) is 155 cm³/mol. The zero-order valence-electron chi connectivity index (χ0n) is 22.9. The summed E-state index contributed by atoms with van der Waals surface area (Å²) >= 11 is 1.52. The van der Waals surface area contributed by atoms with Gasteiger partial charge in [0.15, 0.2) is 5.01 Å². The molecule has 208 valence electrons. The Morgan fingerprint density at radius 1 is 1.20 bits per heavy atom. The van der Waals surface area contributed by atoms with Crippen LogP contribution >= 0.6 is 11.3 Å². The molecule has 0 saturated carbocycles. The highest BCUT2D eigenvalue weighted by Gasteiger charge is 2.28. The fraction of sp³-hybridized carbons (Fsp3) is 0.464. The van der Waals surface area contributed by atoms with Gasteiger partial charge in [-0.05, 0) is 51.8 Å². The van der Waals surface area contributed by atoms with Crippen LogP contribution in [0.15, 0.2) is 24.4 Å². The lowest BCUT2D eigenvalue weighted by atomic mass is 10.1. The molecular formula is C28H32N8O3S. The summed E-state index contributed by atoms with van der Waals surface area (Å²) in [5, 5.41) is 24.8. The highest BCUT2D eigenvalue weighted by atomic mass is 32.1. The summed E-state index contributed by atoms with van der Waals surface area (Å²) in [6, 6.07) is 8.08. The van der Waals surface area contributed by atoms with Crippen molar-refractivity contribution in [2.75, 3.05) is 49.6 Å². The molecule has 2 saturated heterocycles. The fourth-order valence-electron chi connectivity index (χ4n) is 5.11. The first-order chi connectivity index (χ1) is 19.3. The molecule has 1 amide bonds. The molecule has 0 bridgehead atoms. The molecule has 2 aliphatic rings. The lowest BCUT2D eigenvalue weighted by molar-refractivity contribution is 0.0240. The van der Waals surface area contributed by atoms with Gasteiger partial charge in [-0.2, -0.15) is 5.26 Å². The van der Waals surface area contributed by atoms with Crippen LogP contribution in [0.3, 0.4) is 0 Å². The largest absolute Gasteiger partial charge is 0.444 e. The normalized spacial score (nSPS) is 16.9. The number of nitrogens with one attached hydrogen (secondary N) is 2. The second-order valence-electron chi connectivity index (χ2n) is 11.1. The van der Waals surface area contributed by atoms with Crippen molar-refractivity contribution < 1.29 is 14.3 Å². The Morgan fingerprint density at radius 2 is 1.98 bits per heavy atom. The van der Waals surface area contributed by atoms with Gasteiger partial charge in [0, 0.05) is 62.5 Å². The van der Waals surface area contributed by atoms with Gasteiger partial charge in [0.25, 0.3) is 0 Å². The SMILES string of the molecule is CC(C)(C)OC(=O)N1CCN(c2nnc(-c3cnc4c([nH]c5cc(C#N)ccc54)c3NC3CCOCC3)s2)CC1. The Balaban J connectivity index is 1.30. The van der Waals surface area contributed by atoms with Gasteiger partial charge in [-0.25, -0.2) is 4.79 Å². The van der Waals surface area contributed by atoms with Crippen LogP contribution in [0.2, 0.25) is 0 Å². The molecule has 0 spiro atoms. The van der Waals surface area contributed by atoms with Crippen molar-refractivity contribution >= 4 is 50.2 Å². The molecule has 0 radical (unpaired) electrons. The van der Waals surface area contributed by atoms with Crippen molar-refractivity contribution in [2.24, 2.45) is 0 Å². The first kappa shape index (κ1) is 26.3. The van der Waals surface area contributed by atoms with E-state index in [0.717, 1.165) is 69.4 Å². The van der Waals surface area contributed by atoms with Crippen LogP contribution < -0.4 is 10.2 Å². The van der Waals surface area contributed by atoms with Gasteiger partial charge >= 0.3 is 6.09 Å². The Morgan fingerprint density at radius 3 is 2.70 bits per heavy atom. The van der Waals surface area contributed by atoms with E-state index in [9.17, 15) is 10.1 Å². The predicted octanol–water partition coefficient (Wildman–Crippen LogP) is 4.75. The Kier molecular flexibility index (Phi) is 6.93. The van der Waals surface area contributed by atoms with Gasteiger partial charge in [-0.1, -0.05) is 11.3 Å². The number of amides is 1. The maximum absolute atomic E-state index is 12.5. The number of hydrogen-bond donors (Lipinski definition) is 2. The van der Waals surface area contributed by atoms with Crippen molar-refractivity contribution in [3.05, 3.63) is 30.0 Å². The molecule has 3 aromatic heterocycles. The molecule has 1 aromatic carbocycles. The molecule has 2 N–H and O–H groups in total. The smallest absolute Gasteiger partial charge is 0.410 e. The van der Waals surface area contributed by atoms with Crippen molar-refractivity contribution in [1.29, 1.82) is 5.26 Å². The van der Waals surface area contributed by atoms with E-state index in [-0.39, 0.29) is 12.1 Å². The van der Waals surface area contributed by atoms with Crippen molar-refractivity contribution in [3.63, 3.8) is 0 Å². The summed E-state index contributed by atoms with van der Waals surface area (Å²) in [5.41, 5.74) is 4.49. The standard InChI is InChI=1S/C28H32N8O3S/c1-28(2,3)39-27(37)36-10-8-35(9-11-36)26-34-33-25(40-26)20-16-30-22-19-5-4-17(15-29)14-21(19)32-24(22)23(20)31-18-6-12-38-13-7-18/h4-5,14,16,18,32H,6-13H2,1-3H3,(H,30,31). The van der Waals surface area contributed by atoms with Crippen LogP contribution in [-0.4, -0.2) is 82.2 Å². The summed E-state index contributed by atoms with van der Waals surface area (Å²) in [6.07, 6.45) is 3.39. The number of rotatable bonds is 4. The van der Waals surface area contributed by atoms with E-state index in [1.54, 1.807) is 4.90 Å². The number of nitriles is 1. The van der Waals surface area contributed by atoms with E-state index in [1.165, 1.54) is 11.3 Å². The number of hydrogen-bond acceptors (Lipinski definition) is 10. The minimum Gasteiger partial charge on any atom is -0.444 e. The number of fused-ring (bicyclic) bond motifs is 3. The Labute approximate surface area is 236 Å². The molecule has 11 nitrogen and oxygen atoms in total. The lowest BCUT2D eigenvalue weighted by Gasteiger charge is -2.35.